The Morgan fingerprint density at radius 3 is 2.69 bits per heavy atom. The first-order valence-corrected chi connectivity index (χ1v) is 14.2. The van der Waals surface area contributed by atoms with Gasteiger partial charge in [0, 0.05) is 42.9 Å². The van der Waals surface area contributed by atoms with E-state index in [4.69, 9.17) is 10.7 Å². The molecule has 0 aliphatic carbocycles. The van der Waals surface area contributed by atoms with E-state index >= 15 is 0 Å². The highest BCUT2D eigenvalue weighted by Gasteiger charge is 2.43. The van der Waals surface area contributed by atoms with Crippen LogP contribution in [0.15, 0.2) is 52.0 Å². The SMILES string of the molecule is C=Nc1c(F)cc(C(=NCNc2ccc(CN3CC4(CCN(C)CC4)C3)cn2)/C(P)=C\N)cc1CCCNC. The zero-order valence-electron chi connectivity index (χ0n) is 23.2. The lowest BCUT2D eigenvalue weighted by Crippen LogP contribution is -2.59. The number of nitrogens with two attached hydrogens (primary N) is 1. The number of benzene rings is 1. The van der Waals surface area contributed by atoms with Crippen molar-refractivity contribution in [2.45, 2.75) is 32.2 Å². The van der Waals surface area contributed by atoms with Crippen LogP contribution in [0.25, 0.3) is 0 Å². The second-order valence-electron chi connectivity index (χ2n) is 10.8. The normalized spacial score (nSPS) is 18.3. The summed E-state index contributed by atoms with van der Waals surface area (Å²) in [5.74, 6) is 0.322. The van der Waals surface area contributed by atoms with Crippen molar-refractivity contribution in [3.8, 4) is 0 Å². The molecule has 10 heteroatoms. The molecule has 2 saturated heterocycles. The van der Waals surface area contributed by atoms with E-state index in [9.17, 15) is 4.39 Å². The molecule has 1 atom stereocenters. The molecule has 0 bridgehead atoms. The highest BCUT2D eigenvalue weighted by atomic mass is 31.0. The van der Waals surface area contributed by atoms with Crippen LogP contribution in [0.5, 0.6) is 0 Å². The number of hydrogen-bond donors (Lipinski definition) is 3. The number of rotatable bonds is 12. The average molecular weight is 553 g/mol. The van der Waals surface area contributed by atoms with Crippen LogP contribution >= 0.6 is 9.24 Å². The van der Waals surface area contributed by atoms with Gasteiger partial charge in [0.15, 0.2) is 0 Å². The van der Waals surface area contributed by atoms with Gasteiger partial charge in [0.1, 0.15) is 24.0 Å². The summed E-state index contributed by atoms with van der Waals surface area (Å²) in [5.41, 5.74) is 9.89. The predicted octanol–water partition coefficient (Wildman–Crippen LogP) is 3.77. The maximum atomic E-state index is 14.9. The molecule has 4 N–H and O–H groups in total. The molecule has 8 nitrogen and oxygen atoms in total. The molecule has 39 heavy (non-hydrogen) atoms. The molecule has 1 aromatic heterocycles. The fraction of sp³-hybridized carbons (Fsp3) is 0.483. The summed E-state index contributed by atoms with van der Waals surface area (Å²) in [6, 6.07) is 7.47. The van der Waals surface area contributed by atoms with Crippen molar-refractivity contribution < 1.29 is 4.39 Å². The number of halogens is 1. The topological polar surface area (TPSA) is 94.2 Å². The van der Waals surface area contributed by atoms with Gasteiger partial charge < -0.3 is 21.3 Å². The summed E-state index contributed by atoms with van der Waals surface area (Å²) >= 11 is 0. The highest BCUT2D eigenvalue weighted by molar-refractivity contribution is 7.25. The molecule has 3 heterocycles. The van der Waals surface area contributed by atoms with Gasteiger partial charge in [-0.1, -0.05) is 6.07 Å². The standard InChI is InChI=1S/C29H42FN8P/c1-32-10-4-5-22-13-23(14-24(30)27(22)33-2)28(25(39)15-31)36-20-35-26-7-6-21(16-34-26)17-38-18-29(19-38)8-11-37(3)12-9-29/h6-7,13-16,32H,2,4-5,8-12,17-20,31,39H2,1,3H3,(H,34,35)/b25-15+,36-28?. The monoisotopic (exact) mass is 552 g/mol. The maximum Gasteiger partial charge on any atom is 0.149 e. The van der Waals surface area contributed by atoms with E-state index in [2.05, 4.69) is 59.5 Å². The van der Waals surface area contributed by atoms with E-state index in [1.165, 1.54) is 56.9 Å². The van der Waals surface area contributed by atoms with Crippen molar-refractivity contribution in [1.82, 2.24) is 20.1 Å². The van der Waals surface area contributed by atoms with Crippen LogP contribution < -0.4 is 16.4 Å². The lowest BCUT2D eigenvalue weighted by atomic mass is 9.72. The Bertz CT molecular complexity index is 1180. The number of hydrogen-bond acceptors (Lipinski definition) is 8. The summed E-state index contributed by atoms with van der Waals surface area (Å²) in [7, 11) is 6.70. The van der Waals surface area contributed by atoms with Gasteiger partial charge in [0.25, 0.3) is 0 Å². The van der Waals surface area contributed by atoms with Crippen LogP contribution in [0.3, 0.4) is 0 Å². The second kappa shape index (κ2) is 13.6. The third-order valence-electron chi connectivity index (χ3n) is 7.79. The van der Waals surface area contributed by atoms with E-state index in [0.29, 0.717) is 34.1 Å². The minimum Gasteiger partial charge on any atom is -0.404 e. The fourth-order valence-electron chi connectivity index (χ4n) is 5.55. The van der Waals surface area contributed by atoms with Crippen LogP contribution in [0, 0.1) is 11.2 Å². The average Bonchev–Trinajstić information content (AvgIpc) is 2.92. The third kappa shape index (κ3) is 7.48. The molecular weight excluding hydrogens is 510 g/mol. The van der Waals surface area contributed by atoms with Crippen molar-refractivity contribution in [3.05, 3.63) is 64.5 Å². The molecule has 0 saturated carbocycles. The van der Waals surface area contributed by atoms with Gasteiger partial charge in [-0.3, -0.25) is 14.9 Å². The van der Waals surface area contributed by atoms with E-state index in [0.717, 1.165) is 30.9 Å². The van der Waals surface area contributed by atoms with Crippen LogP contribution in [0.2, 0.25) is 0 Å². The van der Waals surface area contributed by atoms with E-state index in [-0.39, 0.29) is 6.67 Å². The highest BCUT2D eigenvalue weighted by Crippen LogP contribution is 2.40. The largest absolute Gasteiger partial charge is 0.404 e. The molecule has 4 rings (SSSR count). The lowest BCUT2D eigenvalue weighted by molar-refractivity contribution is -0.0471. The first-order valence-electron chi connectivity index (χ1n) is 13.6. The van der Waals surface area contributed by atoms with Crippen LogP contribution in [0.1, 0.15) is 36.0 Å². The minimum absolute atomic E-state index is 0.272. The summed E-state index contributed by atoms with van der Waals surface area (Å²) in [5, 5.41) is 7.05. The van der Waals surface area contributed by atoms with Crippen molar-refractivity contribution in [2.75, 3.05) is 58.8 Å². The number of pyridine rings is 1. The van der Waals surface area contributed by atoms with Crippen LogP contribution in [-0.2, 0) is 13.0 Å². The number of nitrogens with zero attached hydrogens (tertiary/aromatic N) is 5. The fourth-order valence-corrected chi connectivity index (χ4v) is 5.81. The number of aryl methyl sites for hydroxylation is 1. The second-order valence-corrected chi connectivity index (χ2v) is 11.4. The summed E-state index contributed by atoms with van der Waals surface area (Å²) in [4.78, 5) is 18.2. The Balaban J connectivity index is 1.37. The number of allylic oxidation sites excluding steroid dienone is 1. The van der Waals surface area contributed by atoms with Crippen LogP contribution in [-0.4, -0.2) is 80.7 Å². The zero-order valence-corrected chi connectivity index (χ0v) is 24.4. The van der Waals surface area contributed by atoms with Crippen molar-refractivity contribution in [3.63, 3.8) is 0 Å². The molecule has 0 radical (unpaired) electrons. The van der Waals surface area contributed by atoms with E-state index < -0.39 is 5.82 Å². The Morgan fingerprint density at radius 2 is 2.05 bits per heavy atom. The van der Waals surface area contributed by atoms with Gasteiger partial charge in [-0.15, -0.1) is 9.24 Å². The zero-order chi connectivity index (χ0) is 27.8. The predicted molar refractivity (Wildman–Crippen MR) is 164 cm³/mol. The molecule has 0 amide bonds. The Hall–Kier alpha value is -2.71. The third-order valence-corrected chi connectivity index (χ3v) is 8.26. The lowest BCUT2D eigenvalue weighted by Gasteiger charge is -2.54. The molecule has 1 unspecified atom stereocenters. The first-order chi connectivity index (χ1) is 18.9. The van der Waals surface area contributed by atoms with E-state index in [1.54, 1.807) is 0 Å². The molecular formula is C29H42FN8P. The van der Waals surface area contributed by atoms with Gasteiger partial charge in [0.2, 0.25) is 0 Å². The molecule has 1 aromatic carbocycles. The van der Waals surface area contributed by atoms with E-state index in [1.807, 2.05) is 25.4 Å². The summed E-state index contributed by atoms with van der Waals surface area (Å²) in [6.07, 6.45) is 7.53. The molecule has 210 valence electrons. The number of piperidine rings is 1. The van der Waals surface area contributed by atoms with Gasteiger partial charge in [-0.05, 0) is 101 Å². The van der Waals surface area contributed by atoms with Crippen molar-refractivity contribution >= 4 is 33.2 Å². The molecule has 2 aliphatic rings. The smallest absolute Gasteiger partial charge is 0.149 e. The van der Waals surface area contributed by atoms with Gasteiger partial charge >= 0.3 is 0 Å². The molecule has 2 aliphatic heterocycles. The quantitative estimate of drug-likeness (QED) is 0.211. The van der Waals surface area contributed by atoms with Crippen LogP contribution in [0.4, 0.5) is 15.9 Å². The molecule has 1 spiro atoms. The van der Waals surface area contributed by atoms with Gasteiger partial charge in [-0.25, -0.2) is 9.37 Å². The van der Waals surface area contributed by atoms with Crippen molar-refractivity contribution in [2.24, 2.45) is 21.1 Å². The summed E-state index contributed by atoms with van der Waals surface area (Å²) < 4.78 is 14.9. The number of aromatic nitrogens is 1. The van der Waals surface area contributed by atoms with Gasteiger partial charge in [0.05, 0.1) is 5.71 Å². The number of nitrogens with one attached hydrogen (secondary N) is 2. The first kappa shape index (κ1) is 29.3. The number of aliphatic imine (C=N–C) groups is 2. The number of anilines is 1. The van der Waals surface area contributed by atoms with Gasteiger partial charge in [-0.2, -0.15) is 0 Å². The number of likely N-dealkylation sites (tertiary alicyclic amines) is 2. The Kier molecular flexibility index (Phi) is 10.2. The maximum absolute atomic E-state index is 14.9. The minimum atomic E-state index is -0.418. The molecule has 2 fully saturated rings. The Labute approximate surface area is 234 Å². The Morgan fingerprint density at radius 1 is 1.28 bits per heavy atom. The summed E-state index contributed by atoms with van der Waals surface area (Å²) in [6.45, 7) is 10.4. The molecule has 2 aromatic rings. The van der Waals surface area contributed by atoms with Crippen molar-refractivity contribution in [1.29, 1.82) is 0 Å².